The molecule has 1 aromatic heterocycles. The number of carbonyl (C=O) groups is 2. The number of aliphatic hydroxyl groups excluding tert-OH is 1. The molecule has 0 saturated carbocycles. The number of amides is 2. The Kier molecular flexibility index (Phi) is 9.25. The Morgan fingerprint density at radius 3 is 2.42 bits per heavy atom. The fraction of sp³-hybridized carbons (Fsp3) is 0.393. The number of unbranched alkanes of at least 4 members (excludes halogenated alkanes) is 1. The van der Waals surface area contributed by atoms with Crippen molar-refractivity contribution in [2.24, 2.45) is 5.41 Å². The first kappa shape index (κ1) is 26.9. The lowest BCUT2D eigenvalue weighted by Gasteiger charge is -2.32. The average molecular weight is 493 g/mol. The number of aliphatic hydroxyl groups is 1. The largest absolute Gasteiger partial charge is 0.441 e. The predicted molar refractivity (Wildman–Crippen MR) is 140 cm³/mol. The van der Waals surface area contributed by atoms with Gasteiger partial charge in [0.1, 0.15) is 11.9 Å². The number of H-pyrrole nitrogens is 1. The summed E-state index contributed by atoms with van der Waals surface area (Å²) in [6.07, 6.45) is 0.791. The summed E-state index contributed by atoms with van der Waals surface area (Å²) < 4.78 is 5.93. The second-order valence-electron chi connectivity index (χ2n) is 9.94. The number of hydrogen-bond acceptors (Lipinski definition) is 5. The third kappa shape index (κ3) is 7.42. The highest BCUT2D eigenvalue weighted by atomic mass is 16.6. The number of aromatic nitrogens is 2. The molecule has 36 heavy (non-hydrogen) atoms. The van der Waals surface area contributed by atoms with Gasteiger partial charge < -0.3 is 20.5 Å². The molecule has 0 aliphatic carbocycles. The Morgan fingerprint density at radius 1 is 1.06 bits per heavy atom. The van der Waals surface area contributed by atoms with E-state index in [9.17, 15) is 14.7 Å². The maximum absolute atomic E-state index is 13.1. The van der Waals surface area contributed by atoms with Crippen molar-refractivity contribution in [3.63, 3.8) is 0 Å². The van der Waals surface area contributed by atoms with Crippen LogP contribution in [0.5, 0.6) is 0 Å². The molecule has 2 aromatic carbocycles. The number of alkyl carbamates (subject to hydrolysis) is 1. The van der Waals surface area contributed by atoms with E-state index < -0.39 is 35.7 Å². The van der Waals surface area contributed by atoms with Crippen molar-refractivity contribution in [1.29, 1.82) is 0 Å². The molecule has 1 heterocycles. The van der Waals surface area contributed by atoms with Crippen LogP contribution in [0.4, 0.5) is 10.6 Å². The van der Waals surface area contributed by atoms with Crippen LogP contribution in [0, 0.1) is 5.41 Å². The van der Waals surface area contributed by atoms with Gasteiger partial charge in [0.25, 0.3) is 5.91 Å². The van der Waals surface area contributed by atoms with E-state index >= 15 is 0 Å². The van der Waals surface area contributed by atoms with Crippen LogP contribution in [0.25, 0.3) is 11.1 Å². The van der Waals surface area contributed by atoms with E-state index in [1.165, 1.54) is 6.20 Å². The molecule has 0 saturated heterocycles. The third-order valence-electron chi connectivity index (χ3n) is 5.89. The van der Waals surface area contributed by atoms with Crippen LogP contribution < -0.4 is 10.6 Å². The first-order valence-electron chi connectivity index (χ1n) is 12.3. The minimum absolute atomic E-state index is 0.363. The molecule has 192 valence electrons. The summed E-state index contributed by atoms with van der Waals surface area (Å²) in [5.41, 5.74) is 2.56. The van der Waals surface area contributed by atoms with Crippen molar-refractivity contribution in [1.82, 2.24) is 15.5 Å². The zero-order valence-electron chi connectivity index (χ0n) is 21.3. The zero-order chi connectivity index (χ0) is 26.1. The normalized spacial score (nSPS) is 13.9. The molecule has 4 N–H and O–H groups in total. The van der Waals surface area contributed by atoms with Crippen LogP contribution in [0.2, 0.25) is 0 Å². The van der Waals surface area contributed by atoms with Gasteiger partial charge in [-0.15, -0.1) is 0 Å². The summed E-state index contributed by atoms with van der Waals surface area (Å²) in [6.45, 7) is 8.01. The smallest absolute Gasteiger partial charge is 0.408 e. The maximum atomic E-state index is 13.1. The van der Waals surface area contributed by atoms with Gasteiger partial charge in [-0.2, -0.15) is 5.10 Å². The van der Waals surface area contributed by atoms with E-state index in [-0.39, 0.29) is 0 Å². The van der Waals surface area contributed by atoms with Gasteiger partial charge in [-0.05, 0) is 29.2 Å². The van der Waals surface area contributed by atoms with Gasteiger partial charge in [-0.1, -0.05) is 89.1 Å². The summed E-state index contributed by atoms with van der Waals surface area (Å²) in [7, 11) is 0. The minimum atomic E-state index is -1.46. The van der Waals surface area contributed by atoms with Crippen LogP contribution in [0.3, 0.4) is 0 Å². The first-order chi connectivity index (χ1) is 17.2. The highest BCUT2D eigenvalue weighted by Crippen LogP contribution is 2.37. The molecule has 2 amide bonds. The Balaban J connectivity index is 1.75. The van der Waals surface area contributed by atoms with Gasteiger partial charge in [0, 0.05) is 11.5 Å². The number of nitrogens with zero attached hydrogens (tertiary/aromatic N) is 1. The molecule has 0 unspecified atom stereocenters. The molecule has 3 atom stereocenters. The van der Waals surface area contributed by atoms with Gasteiger partial charge >= 0.3 is 6.09 Å². The number of anilines is 1. The van der Waals surface area contributed by atoms with Crippen molar-refractivity contribution < 1.29 is 19.4 Å². The topological polar surface area (TPSA) is 116 Å². The Morgan fingerprint density at radius 2 is 1.78 bits per heavy atom. The van der Waals surface area contributed by atoms with Crippen LogP contribution in [0.15, 0.2) is 66.9 Å². The SMILES string of the molecule is CCCC[C@H](NC(=O)O[C@H](c1cccc(-c2ccccc2)c1)C(C)(C)C)[C@H](O)C(=O)Nc1ccn[nH]1. The molecule has 3 aromatic rings. The fourth-order valence-electron chi connectivity index (χ4n) is 4.00. The summed E-state index contributed by atoms with van der Waals surface area (Å²) in [5, 5.41) is 22.4. The minimum Gasteiger partial charge on any atom is -0.441 e. The van der Waals surface area contributed by atoms with Crippen LogP contribution >= 0.6 is 0 Å². The molecule has 0 fully saturated rings. The second kappa shape index (κ2) is 12.4. The standard InChI is InChI=1S/C28H36N4O4/c1-5-6-15-22(24(33)26(34)31-23-16-17-29-32-23)30-27(35)36-25(28(2,3)4)21-14-10-13-20(18-21)19-11-8-7-9-12-19/h7-14,16-18,22,24-25,33H,5-6,15H2,1-4H3,(H,30,35)(H2,29,31,32,34)/t22-,24-,25+/m0/s1. The van der Waals surface area contributed by atoms with Crippen molar-refractivity contribution >= 4 is 17.8 Å². The van der Waals surface area contributed by atoms with Gasteiger partial charge in [-0.3, -0.25) is 9.89 Å². The lowest BCUT2D eigenvalue weighted by Crippen LogP contribution is -2.49. The summed E-state index contributed by atoms with van der Waals surface area (Å²) in [6, 6.07) is 18.7. The Bertz CT molecular complexity index is 1110. The highest BCUT2D eigenvalue weighted by Gasteiger charge is 2.33. The summed E-state index contributed by atoms with van der Waals surface area (Å²) in [5.74, 6) is -0.273. The lowest BCUT2D eigenvalue weighted by atomic mass is 9.84. The molecular formula is C28H36N4O4. The third-order valence-corrected chi connectivity index (χ3v) is 5.89. The number of ether oxygens (including phenoxy) is 1. The molecule has 0 aliphatic rings. The summed E-state index contributed by atoms with van der Waals surface area (Å²) >= 11 is 0. The number of benzene rings is 2. The van der Waals surface area contributed by atoms with Crippen LogP contribution in [-0.2, 0) is 9.53 Å². The molecule has 8 nitrogen and oxygen atoms in total. The quantitative estimate of drug-likeness (QED) is 0.300. The highest BCUT2D eigenvalue weighted by molar-refractivity contribution is 5.94. The first-order valence-corrected chi connectivity index (χ1v) is 12.3. The van der Waals surface area contributed by atoms with E-state index in [4.69, 9.17) is 4.74 Å². The Labute approximate surface area is 212 Å². The van der Waals surface area contributed by atoms with E-state index in [0.29, 0.717) is 12.2 Å². The molecule has 3 rings (SSSR count). The van der Waals surface area contributed by atoms with Crippen molar-refractivity contribution in [3.8, 4) is 11.1 Å². The van der Waals surface area contributed by atoms with Gasteiger partial charge in [-0.25, -0.2) is 4.79 Å². The van der Waals surface area contributed by atoms with Gasteiger partial charge in [0.15, 0.2) is 6.10 Å². The van der Waals surface area contributed by atoms with Gasteiger partial charge in [0.2, 0.25) is 0 Å². The molecule has 8 heteroatoms. The van der Waals surface area contributed by atoms with E-state index in [1.807, 2.05) is 82.3 Å². The average Bonchev–Trinajstić information content (AvgIpc) is 3.37. The fourth-order valence-corrected chi connectivity index (χ4v) is 4.00. The van der Waals surface area contributed by atoms with Crippen molar-refractivity contribution in [2.45, 2.75) is 65.2 Å². The number of nitrogens with one attached hydrogen (secondary N) is 3. The number of aromatic amines is 1. The maximum Gasteiger partial charge on any atom is 0.408 e. The second-order valence-corrected chi connectivity index (χ2v) is 9.94. The molecule has 0 radical (unpaired) electrons. The van der Waals surface area contributed by atoms with Crippen molar-refractivity contribution in [3.05, 3.63) is 72.4 Å². The zero-order valence-corrected chi connectivity index (χ0v) is 21.3. The molecule has 0 bridgehead atoms. The summed E-state index contributed by atoms with van der Waals surface area (Å²) in [4.78, 5) is 25.6. The van der Waals surface area contributed by atoms with Crippen LogP contribution in [0.1, 0.15) is 58.6 Å². The number of rotatable bonds is 10. The number of carbonyl (C=O) groups excluding carboxylic acids is 2. The molecule has 0 spiro atoms. The monoisotopic (exact) mass is 492 g/mol. The van der Waals surface area contributed by atoms with Crippen molar-refractivity contribution in [2.75, 3.05) is 5.32 Å². The molecular weight excluding hydrogens is 456 g/mol. The predicted octanol–water partition coefficient (Wildman–Crippen LogP) is 5.45. The molecule has 0 aliphatic heterocycles. The number of hydrogen-bond donors (Lipinski definition) is 4. The van der Waals surface area contributed by atoms with Gasteiger partial charge in [0.05, 0.1) is 12.2 Å². The lowest BCUT2D eigenvalue weighted by molar-refractivity contribution is -0.125. The van der Waals surface area contributed by atoms with E-state index in [0.717, 1.165) is 29.5 Å². The Hall–Kier alpha value is -3.65. The van der Waals surface area contributed by atoms with E-state index in [1.54, 1.807) is 6.07 Å². The van der Waals surface area contributed by atoms with Crippen LogP contribution in [-0.4, -0.2) is 39.5 Å². The van der Waals surface area contributed by atoms with E-state index in [2.05, 4.69) is 20.8 Å².